The van der Waals surface area contributed by atoms with Crippen LogP contribution in [0.5, 0.6) is 0 Å². The van der Waals surface area contributed by atoms with Crippen LogP contribution in [0.25, 0.3) is 0 Å². The number of carbonyl (C=O) groups is 1. The molecule has 4 heteroatoms. The number of benzene rings is 1. The van der Waals surface area contributed by atoms with E-state index in [-0.39, 0.29) is 5.91 Å². The molecule has 0 unspecified atom stereocenters. The summed E-state index contributed by atoms with van der Waals surface area (Å²) in [4.78, 5) is 14.5. The van der Waals surface area contributed by atoms with Crippen LogP contribution in [0.4, 0.5) is 0 Å². The second kappa shape index (κ2) is 6.79. The molecule has 1 fully saturated rings. The van der Waals surface area contributed by atoms with E-state index in [1.807, 2.05) is 13.0 Å². The van der Waals surface area contributed by atoms with Gasteiger partial charge in [0.1, 0.15) is 0 Å². The maximum Gasteiger partial charge on any atom is 0.287 e. The van der Waals surface area contributed by atoms with Crippen LogP contribution in [0.3, 0.4) is 0 Å². The van der Waals surface area contributed by atoms with Gasteiger partial charge in [0.25, 0.3) is 5.91 Å². The highest BCUT2D eigenvalue weighted by molar-refractivity contribution is 5.92. The van der Waals surface area contributed by atoms with Gasteiger partial charge in [-0.15, -0.1) is 0 Å². The number of likely N-dealkylation sites (tertiary alicyclic amines) is 1. The average molecular weight is 298 g/mol. The first-order valence-corrected chi connectivity index (χ1v) is 7.85. The molecule has 1 aromatic carbocycles. The summed E-state index contributed by atoms with van der Waals surface area (Å²) in [6.45, 7) is 5.78. The summed E-state index contributed by atoms with van der Waals surface area (Å²) in [6.07, 6.45) is 4.15. The van der Waals surface area contributed by atoms with Gasteiger partial charge in [0.2, 0.25) is 0 Å². The van der Waals surface area contributed by atoms with Gasteiger partial charge in [-0.25, -0.2) is 0 Å². The van der Waals surface area contributed by atoms with Gasteiger partial charge in [-0.05, 0) is 50.0 Å². The zero-order chi connectivity index (χ0) is 15.4. The quantitative estimate of drug-likeness (QED) is 0.922. The molecule has 1 N–H and O–H groups in total. The third-order valence-corrected chi connectivity index (χ3v) is 4.12. The molecule has 1 amide bonds. The normalized spacial score (nSPS) is 15.1. The number of nitrogens with one attached hydrogen (secondary N) is 1. The molecule has 2 aromatic rings. The van der Waals surface area contributed by atoms with E-state index >= 15 is 0 Å². The number of aryl methyl sites for hydroxylation is 1. The van der Waals surface area contributed by atoms with Crippen molar-refractivity contribution in [1.29, 1.82) is 0 Å². The van der Waals surface area contributed by atoms with Gasteiger partial charge in [-0.1, -0.05) is 24.3 Å². The maximum absolute atomic E-state index is 12.1. The van der Waals surface area contributed by atoms with Crippen LogP contribution in [-0.4, -0.2) is 23.9 Å². The Kier molecular flexibility index (Phi) is 4.59. The van der Waals surface area contributed by atoms with Gasteiger partial charge in [-0.3, -0.25) is 9.69 Å². The van der Waals surface area contributed by atoms with E-state index in [0.717, 1.165) is 17.7 Å². The molecule has 0 bridgehead atoms. The molecular weight excluding hydrogens is 276 g/mol. The minimum absolute atomic E-state index is 0.160. The minimum atomic E-state index is -0.160. The average Bonchev–Trinajstić information content (AvgIpc) is 3.17. The highest BCUT2D eigenvalue weighted by Crippen LogP contribution is 2.14. The molecular formula is C18H22N2O2. The number of hydrogen-bond donors (Lipinski definition) is 1. The van der Waals surface area contributed by atoms with Crippen molar-refractivity contribution in [1.82, 2.24) is 10.2 Å². The lowest BCUT2D eigenvalue weighted by Crippen LogP contribution is -2.23. The molecule has 1 aliphatic heterocycles. The summed E-state index contributed by atoms with van der Waals surface area (Å²) >= 11 is 0. The Morgan fingerprint density at radius 2 is 2.00 bits per heavy atom. The summed E-state index contributed by atoms with van der Waals surface area (Å²) in [5, 5.41) is 2.92. The highest BCUT2D eigenvalue weighted by atomic mass is 16.3. The Labute approximate surface area is 131 Å². The third-order valence-electron chi connectivity index (χ3n) is 4.12. The molecule has 22 heavy (non-hydrogen) atoms. The van der Waals surface area contributed by atoms with Crippen LogP contribution < -0.4 is 5.32 Å². The van der Waals surface area contributed by atoms with Crippen LogP contribution in [-0.2, 0) is 13.1 Å². The largest absolute Gasteiger partial charge is 0.459 e. The van der Waals surface area contributed by atoms with Gasteiger partial charge < -0.3 is 9.73 Å². The predicted octanol–water partition coefficient (Wildman–Crippen LogP) is 3.11. The molecule has 116 valence electrons. The van der Waals surface area contributed by atoms with Crippen LogP contribution in [0, 0.1) is 6.92 Å². The molecule has 0 aliphatic carbocycles. The molecule has 3 rings (SSSR count). The van der Waals surface area contributed by atoms with Gasteiger partial charge in [0.15, 0.2) is 5.76 Å². The van der Waals surface area contributed by atoms with Crippen LogP contribution >= 0.6 is 0 Å². The van der Waals surface area contributed by atoms with Gasteiger partial charge in [0.05, 0.1) is 6.26 Å². The van der Waals surface area contributed by atoms with E-state index in [0.29, 0.717) is 12.3 Å². The van der Waals surface area contributed by atoms with Gasteiger partial charge in [0, 0.05) is 18.7 Å². The van der Waals surface area contributed by atoms with Crippen molar-refractivity contribution in [2.45, 2.75) is 32.9 Å². The number of hydrogen-bond acceptors (Lipinski definition) is 3. The maximum atomic E-state index is 12.1. The number of rotatable bonds is 5. The first-order chi connectivity index (χ1) is 10.7. The van der Waals surface area contributed by atoms with E-state index < -0.39 is 0 Å². The van der Waals surface area contributed by atoms with Crippen molar-refractivity contribution in [3.05, 3.63) is 59.0 Å². The third kappa shape index (κ3) is 3.57. The Hall–Kier alpha value is -2.07. The molecule has 1 saturated heterocycles. The number of carbonyl (C=O) groups excluding carboxylic acids is 1. The molecule has 4 nitrogen and oxygen atoms in total. The molecule has 2 heterocycles. The standard InChI is InChI=1S/C18H22N2O2/c1-14-7-10-22-17(14)18(21)19-12-15-5-4-6-16(11-15)13-20-8-2-3-9-20/h4-7,10-11H,2-3,8-9,12-13H2,1H3,(H,19,21). The fourth-order valence-electron chi connectivity index (χ4n) is 2.90. The van der Waals surface area contributed by atoms with Gasteiger partial charge in [-0.2, -0.15) is 0 Å². The van der Waals surface area contributed by atoms with Crippen molar-refractivity contribution in [2.75, 3.05) is 13.1 Å². The Morgan fingerprint density at radius 3 is 2.73 bits per heavy atom. The number of nitrogens with zero attached hydrogens (tertiary/aromatic N) is 1. The smallest absolute Gasteiger partial charge is 0.287 e. The van der Waals surface area contributed by atoms with E-state index in [2.05, 4.69) is 28.4 Å². The first kappa shape index (κ1) is 14.9. The van der Waals surface area contributed by atoms with Gasteiger partial charge >= 0.3 is 0 Å². The molecule has 0 atom stereocenters. The number of furan rings is 1. The molecule has 0 saturated carbocycles. The summed E-state index contributed by atoms with van der Waals surface area (Å²) in [6, 6.07) is 10.2. The second-order valence-corrected chi connectivity index (χ2v) is 5.92. The molecule has 0 spiro atoms. The summed E-state index contributed by atoms with van der Waals surface area (Å²) in [7, 11) is 0. The second-order valence-electron chi connectivity index (χ2n) is 5.92. The predicted molar refractivity (Wildman–Crippen MR) is 85.6 cm³/mol. The van der Waals surface area contributed by atoms with Crippen molar-refractivity contribution in [3.8, 4) is 0 Å². The lowest BCUT2D eigenvalue weighted by molar-refractivity contribution is 0.0922. The van der Waals surface area contributed by atoms with Crippen molar-refractivity contribution < 1.29 is 9.21 Å². The highest BCUT2D eigenvalue weighted by Gasteiger charge is 2.13. The minimum Gasteiger partial charge on any atom is -0.459 e. The van der Waals surface area contributed by atoms with Crippen molar-refractivity contribution in [2.24, 2.45) is 0 Å². The fourth-order valence-corrected chi connectivity index (χ4v) is 2.90. The fraction of sp³-hybridized carbons (Fsp3) is 0.389. The summed E-state index contributed by atoms with van der Waals surface area (Å²) in [5.74, 6) is 0.237. The van der Waals surface area contributed by atoms with Crippen molar-refractivity contribution in [3.63, 3.8) is 0 Å². The topological polar surface area (TPSA) is 45.5 Å². The van der Waals surface area contributed by atoms with E-state index in [1.54, 1.807) is 12.3 Å². The lowest BCUT2D eigenvalue weighted by atomic mass is 10.1. The Balaban J connectivity index is 1.58. The van der Waals surface area contributed by atoms with E-state index in [9.17, 15) is 4.79 Å². The lowest BCUT2D eigenvalue weighted by Gasteiger charge is -2.15. The zero-order valence-corrected chi connectivity index (χ0v) is 13.0. The van der Waals surface area contributed by atoms with Crippen molar-refractivity contribution >= 4 is 5.91 Å². The van der Waals surface area contributed by atoms with E-state index in [4.69, 9.17) is 4.42 Å². The zero-order valence-electron chi connectivity index (χ0n) is 13.0. The summed E-state index contributed by atoms with van der Waals surface area (Å²) < 4.78 is 5.21. The summed E-state index contributed by atoms with van der Waals surface area (Å²) in [5.41, 5.74) is 3.29. The van der Waals surface area contributed by atoms with Crippen LogP contribution in [0.15, 0.2) is 41.0 Å². The monoisotopic (exact) mass is 298 g/mol. The van der Waals surface area contributed by atoms with Crippen LogP contribution in [0.1, 0.15) is 40.1 Å². The molecule has 0 radical (unpaired) electrons. The van der Waals surface area contributed by atoms with E-state index in [1.165, 1.54) is 31.5 Å². The SMILES string of the molecule is Cc1ccoc1C(=O)NCc1cccc(CN2CCCC2)c1. The molecule has 1 aromatic heterocycles. The Bertz CT molecular complexity index is 642. The number of amides is 1. The molecule has 1 aliphatic rings. The van der Waals surface area contributed by atoms with Crippen LogP contribution in [0.2, 0.25) is 0 Å². The Morgan fingerprint density at radius 1 is 1.23 bits per heavy atom. The first-order valence-electron chi connectivity index (χ1n) is 7.85.